The summed E-state index contributed by atoms with van der Waals surface area (Å²) in [6.45, 7) is 1.49. The lowest BCUT2D eigenvalue weighted by Crippen LogP contribution is -2.39. The van der Waals surface area contributed by atoms with Crippen molar-refractivity contribution in [2.24, 2.45) is 5.10 Å². The molecule has 0 unspecified atom stereocenters. The topological polar surface area (TPSA) is 78.8 Å². The molecular weight excluding hydrogens is 345 g/mol. The second kappa shape index (κ2) is 7.89. The van der Waals surface area contributed by atoms with Crippen molar-refractivity contribution < 1.29 is 17.6 Å². The Hall–Kier alpha value is -2.74. The average molecular weight is 363 g/mol. The third-order valence-corrected chi connectivity index (χ3v) is 4.42. The fourth-order valence-corrected chi connectivity index (χ4v) is 2.86. The van der Waals surface area contributed by atoms with E-state index in [1.807, 2.05) is 31.2 Å². The van der Waals surface area contributed by atoms with Gasteiger partial charge in [0.15, 0.2) is 0 Å². The van der Waals surface area contributed by atoms with E-state index < -0.39 is 28.3 Å². The summed E-state index contributed by atoms with van der Waals surface area (Å²) in [6, 6.07) is 12.3. The second-order valence-corrected chi connectivity index (χ2v) is 7.36. The number of benzene rings is 2. The molecular formula is C17H18FN3O3S. The van der Waals surface area contributed by atoms with E-state index in [9.17, 15) is 17.6 Å². The van der Waals surface area contributed by atoms with Crippen LogP contribution in [0.1, 0.15) is 11.1 Å². The molecule has 0 heterocycles. The molecule has 6 nitrogen and oxygen atoms in total. The number of rotatable bonds is 6. The van der Waals surface area contributed by atoms with Gasteiger partial charge in [-0.1, -0.05) is 29.8 Å². The Bertz CT molecular complexity index is 863. The summed E-state index contributed by atoms with van der Waals surface area (Å²) in [5.41, 5.74) is 4.37. The van der Waals surface area contributed by atoms with Crippen LogP contribution in [-0.2, 0) is 14.8 Å². The summed E-state index contributed by atoms with van der Waals surface area (Å²) in [5.74, 6) is -1.11. The smallest absolute Gasteiger partial charge is 0.260 e. The SMILES string of the molecule is Cc1ccc(/C=N\NC(=O)CN(c2ccc(F)cc2)S(C)(=O)=O)cc1. The van der Waals surface area contributed by atoms with Crippen LogP contribution in [-0.4, -0.2) is 33.3 Å². The van der Waals surface area contributed by atoms with Crippen molar-refractivity contribution in [3.63, 3.8) is 0 Å². The molecule has 2 aromatic carbocycles. The third kappa shape index (κ3) is 5.68. The van der Waals surface area contributed by atoms with Gasteiger partial charge in [-0.25, -0.2) is 18.2 Å². The van der Waals surface area contributed by atoms with Gasteiger partial charge in [0.1, 0.15) is 12.4 Å². The highest BCUT2D eigenvalue weighted by molar-refractivity contribution is 7.92. The second-order valence-electron chi connectivity index (χ2n) is 5.45. The van der Waals surface area contributed by atoms with Crippen molar-refractivity contribution in [2.75, 3.05) is 17.1 Å². The molecule has 1 amide bonds. The van der Waals surface area contributed by atoms with Gasteiger partial charge in [0.25, 0.3) is 5.91 Å². The van der Waals surface area contributed by atoms with E-state index in [1.54, 1.807) is 0 Å². The molecule has 0 aliphatic rings. The molecule has 0 aliphatic carbocycles. The number of anilines is 1. The van der Waals surface area contributed by atoms with Crippen LogP contribution in [0, 0.1) is 12.7 Å². The van der Waals surface area contributed by atoms with Crippen LogP contribution in [0.2, 0.25) is 0 Å². The zero-order chi connectivity index (χ0) is 18.4. The van der Waals surface area contributed by atoms with Crippen LogP contribution in [0.5, 0.6) is 0 Å². The normalized spacial score (nSPS) is 11.5. The molecule has 0 atom stereocenters. The number of hydrogen-bond donors (Lipinski definition) is 1. The summed E-state index contributed by atoms with van der Waals surface area (Å²) < 4.78 is 37.7. The highest BCUT2D eigenvalue weighted by Crippen LogP contribution is 2.17. The molecule has 0 saturated heterocycles. The molecule has 0 radical (unpaired) electrons. The quantitative estimate of drug-likeness (QED) is 0.630. The van der Waals surface area contributed by atoms with Crippen LogP contribution in [0.25, 0.3) is 0 Å². The highest BCUT2D eigenvalue weighted by atomic mass is 32.2. The van der Waals surface area contributed by atoms with Crippen LogP contribution in [0.15, 0.2) is 53.6 Å². The van der Waals surface area contributed by atoms with Crippen molar-refractivity contribution in [3.05, 3.63) is 65.5 Å². The van der Waals surface area contributed by atoms with Gasteiger partial charge in [0, 0.05) is 0 Å². The molecule has 0 aliphatic heterocycles. The number of carbonyl (C=O) groups is 1. The van der Waals surface area contributed by atoms with Crippen molar-refractivity contribution >= 4 is 27.8 Å². The lowest BCUT2D eigenvalue weighted by atomic mass is 10.2. The minimum Gasteiger partial charge on any atom is -0.271 e. The monoisotopic (exact) mass is 363 g/mol. The lowest BCUT2D eigenvalue weighted by Gasteiger charge is -2.21. The van der Waals surface area contributed by atoms with E-state index in [0.717, 1.165) is 33.8 Å². The van der Waals surface area contributed by atoms with Gasteiger partial charge >= 0.3 is 0 Å². The molecule has 25 heavy (non-hydrogen) atoms. The Balaban J connectivity index is 2.04. The summed E-state index contributed by atoms with van der Waals surface area (Å²) in [4.78, 5) is 12.0. The predicted octanol–water partition coefficient (Wildman–Crippen LogP) is 2.05. The number of aryl methyl sites for hydroxylation is 1. The van der Waals surface area contributed by atoms with Gasteiger partial charge < -0.3 is 0 Å². The maximum atomic E-state index is 13.0. The Morgan fingerprint density at radius 2 is 1.76 bits per heavy atom. The van der Waals surface area contributed by atoms with Gasteiger partial charge in [0.2, 0.25) is 10.0 Å². The first-order chi connectivity index (χ1) is 11.8. The molecule has 0 saturated carbocycles. The van der Waals surface area contributed by atoms with E-state index in [1.165, 1.54) is 18.3 Å². The van der Waals surface area contributed by atoms with Crippen LogP contribution in [0.4, 0.5) is 10.1 Å². The first-order valence-electron chi connectivity index (χ1n) is 7.37. The maximum absolute atomic E-state index is 13.0. The number of nitrogens with one attached hydrogen (secondary N) is 1. The van der Waals surface area contributed by atoms with Gasteiger partial charge in [-0.05, 0) is 36.8 Å². The number of sulfonamides is 1. The van der Waals surface area contributed by atoms with Crippen molar-refractivity contribution in [1.29, 1.82) is 0 Å². The van der Waals surface area contributed by atoms with Crippen LogP contribution < -0.4 is 9.73 Å². The largest absolute Gasteiger partial charge is 0.271 e. The average Bonchev–Trinajstić information content (AvgIpc) is 2.54. The fraction of sp³-hybridized carbons (Fsp3) is 0.176. The van der Waals surface area contributed by atoms with E-state index in [0.29, 0.717) is 0 Å². The van der Waals surface area contributed by atoms with E-state index in [4.69, 9.17) is 0 Å². The minimum atomic E-state index is -3.71. The third-order valence-electron chi connectivity index (χ3n) is 3.28. The number of hydrogen-bond acceptors (Lipinski definition) is 4. The Kier molecular flexibility index (Phi) is 5.87. The molecule has 2 aromatic rings. The number of nitrogens with zero attached hydrogens (tertiary/aromatic N) is 2. The fourth-order valence-electron chi connectivity index (χ4n) is 2.00. The predicted molar refractivity (Wildman–Crippen MR) is 95.5 cm³/mol. The van der Waals surface area contributed by atoms with Crippen molar-refractivity contribution in [2.45, 2.75) is 6.92 Å². The van der Waals surface area contributed by atoms with Crippen molar-refractivity contribution in [1.82, 2.24) is 5.43 Å². The summed E-state index contributed by atoms with van der Waals surface area (Å²) in [6.07, 6.45) is 2.43. The van der Waals surface area contributed by atoms with Crippen molar-refractivity contribution in [3.8, 4) is 0 Å². The standard InChI is InChI=1S/C17H18FN3O3S/c1-13-3-5-14(6-4-13)11-19-20-17(22)12-21(25(2,23)24)16-9-7-15(18)8-10-16/h3-11H,12H2,1-2H3,(H,20,22)/b19-11-. The summed E-state index contributed by atoms with van der Waals surface area (Å²) in [5, 5.41) is 3.81. The van der Waals surface area contributed by atoms with E-state index in [2.05, 4.69) is 10.5 Å². The summed E-state index contributed by atoms with van der Waals surface area (Å²) >= 11 is 0. The van der Waals surface area contributed by atoms with Crippen LogP contribution >= 0.6 is 0 Å². The first kappa shape index (κ1) is 18.6. The highest BCUT2D eigenvalue weighted by Gasteiger charge is 2.20. The number of amides is 1. The minimum absolute atomic E-state index is 0.196. The molecule has 0 spiro atoms. The van der Waals surface area contributed by atoms with Crippen LogP contribution in [0.3, 0.4) is 0 Å². The number of carbonyl (C=O) groups excluding carboxylic acids is 1. The Morgan fingerprint density at radius 3 is 2.32 bits per heavy atom. The Morgan fingerprint density at radius 1 is 1.16 bits per heavy atom. The molecule has 8 heteroatoms. The van der Waals surface area contributed by atoms with E-state index in [-0.39, 0.29) is 5.69 Å². The lowest BCUT2D eigenvalue weighted by molar-refractivity contribution is -0.119. The summed E-state index contributed by atoms with van der Waals surface area (Å²) in [7, 11) is -3.71. The van der Waals surface area contributed by atoms with Gasteiger partial charge in [-0.2, -0.15) is 5.10 Å². The molecule has 0 bridgehead atoms. The Labute approximate surface area is 146 Å². The maximum Gasteiger partial charge on any atom is 0.260 e. The zero-order valence-electron chi connectivity index (χ0n) is 13.8. The van der Waals surface area contributed by atoms with Gasteiger partial charge in [-0.3, -0.25) is 9.10 Å². The molecule has 2 rings (SSSR count). The van der Waals surface area contributed by atoms with E-state index >= 15 is 0 Å². The van der Waals surface area contributed by atoms with Gasteiger partial charge in [0.05, 0.1) is 18.2 Å². The molecule has 1 N–H and O–H groups in total. The zero-order valence-corrected chi connectivity index (χ0v) is 14.6. The molecule has 0 fully saturated rings. The van der Waals surface area contributed by atoms with Gasteiger partial charge in [-0.15, -0.1) is 0 Å². The first-order valence-corrected chi connectivity index (χ1v) is 9.22. The molecule has 0 aromatic heterocycles. The number of halogens is 1. The molecule has 132 valence electrons. The number of hydrazone groups is 1.